The van der Waals surface area contributed by atoms with Crippen molar-refractivity contribution in [1.29, 1.82) is 0 Å². The first-order chi connectivity index (χ1) is 7.63. The molecule has 0 N–H and O–H groups in total. The molecule has 0 spiro atoms. The van der Waals surface area contributed by atoms with Gasteiger partial charge in [0.25, 0.3) is 0 Å². The van der Waals surface area contributed by atoms with Crippen LogP contribution in [-0.4, -0.2) is 22.0 Å². The molecule has 0 aliphatic carbocycles. The number of fused-ring (bicyclic) bond motifs is 1. The Labute approximate surface area is 101 Å². The number of carbonyl (C=O) groups excluding carboxylic acids is 1. The molecule has 16 heavy (non-hydrogen) atoms. The number of hydrogen-bond acceptors (Lipinski definition) is 3. The number of aromatic nitrogens is 2. The summed E-state index contributed by atoms with van der Waals surface area (Å²) in [4.78, 5) is 16.1. The average Bonchev–Trinajstić information content (AvgIpc) is 2.53. The quantitative estimate of drug-likeness (QED) is 0.796. The number of esters is 1. The van der Waals surface area contributed by atoms with Crippen molar-refractivity contribution < 1.29 is 9.53 Å². The van der Waals surface area contributed by atoms with Gasteiger partial charge in [-0.25, -0.2) is 9.78 Å². The Balaban J connectivity index is 2.62. The first-order valence-electron chi connectivity index (χ1n) is 4.94. The number of halogens is 1. The van der Waals surface area contributed by atoms with Crippen LogP contribution in [0.4, 0.5) is 0 Å². The van der Waals surface area contributed by atoms with E-state index in [0.717, 1.165) is 10.1 Å². The number of carbonyl (C=O) groups is 1. The van der Waals surface area contributed by atoms with Gasteiger partial charge in [-0.2, -0.15) is 0 Å². The topological polar surface area (TPSA) is 43.6 Å². The Bertz CT molecular complexity index is 548. The average molecular weight is 283 g/mol. The van der Waals surface area contributed by atoms with Gasteiger partial charge in [-0.15, -0.1) is 0 Å². The zero-order chi connectivity index (χ0) is 11.7. The standard InChI is InChI=1S/C11H11BrN2O2/c1-3-16-11(15)10-7(2)13-9-5-4-8(12)6-14(9)10/h4-6H,3H2,1-2H3. The lowest BCUT2D eigenvalue weighted by Crippen LogP contribution is -2.09. The van der Waals surface area contributed by atoms with Gasteiger partial charge in [0, 0.05) is 10.7 Å². The van der Waals surface area contributed by atoms with Crippen LogP contribution in [0.1, 0.15) is 23.1 Å². The molecule has 84 valence electrons. The van der Waals surface area contributed by atoms with Gasteiger partial charge >= 0.3 is 5.97 Å². The number of nitrogens with zero attached hydrogens (tertiary/aromatic N) is 2. The van der Waals surface area contributed by atoms with E-state index in [-0.39, 0.29) is 5.97 Å². The third-order valence-corrected chi connectivity index (χ3v) is 2.69. The Kier molecular flexibility index (Phi) is 2.96. The van der Waals surface area contributed by atoms with Crippen molar-refractivity contribution in [2.75, 3.05) is 6.61 Å². The minimum atomic E-state index is -0.342. The third-order valence-electron chi connectivity index (χ3n) is 2.23. The normalized spacial score (nSPS) is 10.7. The fraction of sp³-hybridized carbons (Fsp3) is 0.273. The third kappa shape index (κ3) is 1.82. The molecule has 0 unspecified atom stereocenters. The number of aryl methyl sites for hydroxylation is 1. The minimum Gasteiger partial charge on any atom is -0.461 e. The molecule has 0 atom stereocenters. The zero-order valence-corrected chi connectivity index (χ0v) is 10.6. The highest BCUT2D eigenvalue weighted by atomic mass is 79.9. The summed E-state index contributed by atoms with van der Waals surface area (Å²) in [6, 6.07) is 3.73. The van der Waals surface area contributed by atoms with Gasteiger partial charge in [0.15, 0.2) is 5.69 Å². The highest BCUT2D eigenvalue weighted by molar-refractivity contribution is 9.10. The van der Waals surface area contributed by atoms with Crippen molar-refractivity contribution in [3.63, 3.8) is 0 Å². The largest absolute Gasteiger partial charge is 0.461 e. The molecule has 5 heteroatoms. The Morgan fingerprint density at radius 3 is 3.00 bits per heavy atom. The number of imidazole rings is 1. The van der Waals surface area contributed by atoms with Gasteiger partial charge in [0.1, 0.15) is 5.65 Å². The van der Waals surface area contributed by atoms with E-state index < -0.39 is 0 Å². The van der Waals surface area contributed by atoms with E-state index in [1.807, 2.05) is 18.3 Å². The van der Waals surface area contributed by atoms with E-state index in [9.17, 15) is 4.79 Å². The summed E-state index contributed by atoms with van der Waals surface area (Å²) >= 11 is 3.36. The fourth-order valence-electron chi connectivity index (χ4n) is 1.58. The van der Waals surface area contributed by atoms with Crippen LogP contribution in [0.15, 0.2) is 22.8 Å². The van der Waals surface area contributed by atoms with Crippen LogP contribution in [0.2, 0.25) is 0 Å². The maximum Gasteiger partial charge on any atom is 0.357 e. The van der Waals surface area contributed by atoms with Crippen LogP contribution in [0, 0.1) is 6.92 Å². The number of rotatable bonds is 2. The highest BCUT2D eigenvalue weighted by Gasteiger charge is 2.17. The van der Waals surface area contributed by atoms with Crippen LogP contribution in [0.5, 0.6) is 0 Å². The van der Waals surface area contributed by atoms with E-state index in [0.29, 0.717) is 18.0 Å². The molecule has 0 saturated carbocycles. The molecule has 0 bridgehead atoms. The molecule has 2 aromatic rings. The summed E-state index contributed by atoms with van der Waals surface area (Å²) < 4.78 is 7.63. The van der Waals surface area contributed by atoms with Gasteiger partial charge in [-0.05, 0) is 41.9 Å². The minimum absolute atomic E-state index is 0.342. The molecule has 2 aromatic heterocycles. The van der Waals surface area contributed by atoms with Crippen LogP contribution >= 0.6 is 15.9 Å². The molecular formula is C11H11BrN2O2. The molecule has 0 aromatic carbocycles. The predicted molar refractivity (Wildman–Crippen MR) is 63.6 cm³/mol. The lowest BCUT2D eigenvalue weighted by atomic mass is 10.3. The SMILES string of the molecule is CCOC(=O)c1c(C)nc2ccc(Br)cn12. The van der Waals surface area contributed by atoms with Crippen molar-refractivity contribution in [2.45, 2.75) is 13.8 Å². The van der Waals surface area contributed by atoms with Crippen molar-refractivity contribution in [3.8, 4) is 0 Å². The van der Waals surface area contributed by atoms with Crippen molar-refractivity contribution in [3.05, 3.63) is 34.2 Å². The second-order valence-electron chi connectivity index (χ2n) is 3.34. The molecule has 0 saturated heterocycles. The van der Waals surface area contributed by atoms with Crippen molar-refractivity contribution in [2.24, 2.45) is 0 Å². The molecule has 0 amide bonds. The summed E-state index contributed by atoms with van der Waals surface area (Å²) in [6.07, 6.45) is 1.81. The summed E-state index contributed by atoms with van der Waals surface area (Å²) in [7, 11) is 0. The highest BCUT2D eigenvalue weighted by Crippen LogP contribution is 2.17. The van der Waals surface area contributed by atoms with Crippen molar-refractivity contribution >= 4 is 27.5 Å². The molecule has 0 aliphatic heterocycles. The zero-order valence-electron chi connectivity index (χ0n) is 9.03. The summed E-state index contributed by atoms with van der Waals surface area (Å²) in [5.41, 5.74) is 1.90. The number of hydrogen-bond donors (Lipinski definition) is 0. The van der Waals surface area contributed by atoms with Gasteiger partial charge < -0.3 is 4.74 Å². The number of pyridine rings is 1. The van der Waals surface area contributed by atoms with Gasteiger partial charge in [-0.3, -0.25) is 4.40 Å². The predicted octanol–water partition coefficient (Wildman–Crippen LogP) is 2.58. The maximum atomic E-state index is 11.8. The van der Waals surface area contributed by atoms with Gasteiger partial charge in [-0.1, -0.05) is 0 Å². The second-order valence-corrected chi connectivity index (χ2v) is 4.26. The lowest BCUT2D eigenvalue weighted by Gasteiger charge is -2.02. The first-order valence-corrected chi connectivity index (χ1v) is 5.74. The fourth-order valence-corrected chi connectivity index (χ4v) is 1.92. The first kappa shape index (κ1) is 11.1. The van der Waals surface area contributed by atoms with Gasteiger partial charge in [0.05, 0.1) is 12.3 Å². The van der Waals surface area contributed by atoms with Gasteiger partial charge in [0.2, 0.25) is 0 Å². The van der Waals surface area contributed by atoms with E-state index in [1.54, 1.807) is 18.2 Å². The van der Waals surface area contributed by atoms with E-state index in [2.05, 4.69) is 20.9 Å². The van der Waals surface area contributed by atoms with E-state index in [4.69, 9.17) is 4.74 Å². The summed E-state index contributed by atoms with van der Waals surface area (Å²) in [5, 5.41) is 0. The monoisotopic (exact) mass is 282 g/mol. The Morgan fingerprint density at radius 1 is 1.56 bits per heavy atom. The lowest BCUT2D eigenvalue weighted by molar-refractivity contribution is 0.0517. The smallest absolute Gasteiger partial charge is 0.357 e. The summed E-state index contributed by atoms with van der Waals surface area (Å²) in [6.45, 7) is 3.94. The second kappa shape index (κ2) is 4.25. The maximum absolute atomic E-state index is 11.8. The molecule has 0 aliphatic rings. The van der Waals surface area contributed by atoms with E-state index in [1.165, 1.54) is 0 Å². The van der Waals surface area contributed by atoms with Crippen LogP contribution in [-0.2, 0) is 4.74 Å². The number of ether oxygens (including phenoxy) is 1. The van der Waals surface area contributed by atoms with Crippen LogP contribution < -0.4 is 0 Å². The molecular weight excluding hydrogens is 272 g/mol. The van der Waals surface area contributed by atoms with Crippen molar-refractivity contribution in [1.82, 2.24) is 9.38 Å². The van der Waals surface area contributed by atoms with Crippen LogP contribution in [0.25, 0.3) is 5.65 Å². The molecule has 0 fully saturated rings. The summed E-state index contributed by atoms with van der Waals surface area (Å²) in [5.74, 6) is -0.342. The molecule has 0 radical (unpaired) electrons. The van der Waals surface area contributed by atoms with Crippen LogP contribution in [0.3, 0.4) is 0 Å². The molecule has 2 rings (SSSR count). The Hall–Kier alpha value is -1.36. The van der Waals surface area contributed by atoms with E-state index >= 15 is 0 Å². The Morgan fingerprint density at radius 2 is 2.31 bits per heavy atom. The molecule has 2 heterocycles. The molecule has 4 nitrogen and oxygen atoms in total.